The van der Waals surface area contributed by atoms with Gasteiger partial charge in [-0.25, -0.2) is 0 Å². The van der Waals surface area contributed by atoms with Gasteiger partial charge in [-0.3, -0.25) is 14.5 Å². The second-order valence-electron chi connectivity index (χ2n) is 5.59. The molecule has 4 heteroatoms. The third kappa shape index (κ3) is 1.47. The summed E-state index contributed by atoms with van der Waals surface area (Å²) < 4.78 is 0. The monoisotopic (exact) mass is 234 g/mol. The van der Waals surface area contributed by atoms with Crippen LogP contribution in [-0.2, 0) is 9.59 Å². The Hall–Kier alpha value is -1.16. The van der Waals surface area contributed by atoms with Crippen molar-refractivity contribution in [2.75, 3.05) is 6.54 Å². The van der Waals surface area contributed by atoms with Gasteiger partial charge in [0.1, 0.15) is 0 Å². The van der Waals surface area contributed by atoms with Crippen molar-refractivity contribution in [2.45, 2.75) is 25.8 Å². The Labute approximate surface area is 101 Å². The lowest BCUT2D eigenvalue weighted by molar-refractivity contribution is -0.140. The zero-order chi connectivity index (χ0) is 12.2. The molecule has 2 bridgehead atoms. The fourth-order valence-electron chi connectivity index (χ4n) is 3.52. The average Bonchev–Trinajstić information content (AvgIpc) is 2.92. The van der Waals surface area contributed by atoms with Crippen LogP contribution in [0.1, 0.15) is 19.8 Å². The molecule has 2 aliphatic carbocycles. The van der Waals surface area contributed by atoms with Crippen LogP contribution in [0.2, 0.25) is 0 Å². The van der Waals surface area contributed by atoms with E-state index in [2.05, 4.69) is 12.2 Å². The second kappa shape index (κ2) is 3.67. The molecular formula is C13H18N2O2. The first-order valence-corrected chi connectivity index (χ1v) is 6.38. The van der Waals surface area contributed by atoms with Crippen molar-refractivity contribution in [2.24, 2.45) is 29.4 Å². The molecule has 1 saturated carbocycles. The van der Waals surface area contributed by atoms with Crippen LogP contribution < -0.4 is 5.73 Å². The third-order valence-corrected chi connectivity index (χ3v) is 4.37. The van der Waals surface area contributed by atoms with E-state index in [0.29, 0.717) is 24.8 Å². The highest BCUT2D eigenvalue weighted by molar-refractivity contribution is 6.06. The van der Waals surface area contributed by atoms with Crippen molar-refractivity contribution < 1.29 is 9.59 Å². The molecule has 1 saturated heterocycles. The van der Waals surface area contributed by atoms with Gasteiger partial charge in [-0.15, -0.1) is 0 Å². The molecule has 2 N–H and O–H groups in total. The second-order valence-corrected chi connectivity index (χ2v) is 5.59. The number of hydrogen-bond donors (Lipinski definition) is 1. The Kier molecular flexibility index (Phi) is 2.36. The fraction of sp³-hybridized carbons (Fsp3) is 0.692. The highest BCUT2D eigenvalue weighted by Gasteiger charge is 2.58. The average molecular weight is 234 g/mol. The zero-order valence-electron chi connectivity index (χ0n) is 10.0. The van der Waals surface area contributed by atoms with E-state index in [-0.39, 0.29) is 29.7 Å². The molecule has 2 fully saturated rings. The summed E-state index contributed by atoms with van der Waals surface area (Å²) in [5, 5.41) is 0. The molecule has 0 spiro atoms. The standard InChI is InChI=1S/C13H18N2O2/c1-7(14)4-5-15-12(16)10-8-2-3-9(6-8)11(10)13(15)17/h2-3,7-11H,4-6,14H2,1H3. The third-order valence-electron chi connectivity index (χ3n) is 4.37. The van der Waals surface area contributed by atoms with E-state index in [1.165, 1.54) is 4.90 Å². The van der Waals surface area contributed by atoms with Crippen molar-refractivity contribution in [3.8, 4) is 0 Å². The van der Waals surface area contributed by atoms with Crippen molar-refractivity contribution in [1.29, 1.82) is 0 Å². The number of rotatable bonds is 3. The minimum atomic E-state index is -0.0643. The van der Waals surface area contributed by atoms with E-state index in [9.17, 15) is 9.59 Å². The molecule has 0 aromatic carbocycles. The lowest BCUT2D eigenvalue weighted by Crippen LogP contribution is -2.36. The van der Waals surface area contributed by atoms with Crippen LogP contribution in [0, 0.1) is 23.7 Å². The summed E-state index contributed by atoms with van der Waals surface area (Å²) in [5.74, 6) is 0.565. The maximum Gasteiger partial charge on any atom is 0.233 e. The van der Waals surface area contributed by atoms with Gasteiger partial charge in [-0.05, 0) is 31.6 Å². The minimum absolute atomic E-state index is 0.0332. The number of nitrogens with zero attached hydrogens (tertiary/aromatic N) is 1. The summed E-state index contributed by atoms with van der Waals surface area (Å²) in [6, 6.07) is 0.0332. The van der Waals surface area contributed by atoms with Crippen LogP contribution in [0.4, 0.5) is 0 Å². The highest BCUT2D eigenvalue weighted by atomic mass is 16.2. The van der Waals surface area contributed by atoms with Gasteiger partial charge in [0.25, 0.3) is 0 Å². The van der Waals surface area contributed by atoms with E-state index in [1.54, 1.807) is 0 Å². The number of imide groups is 1. The SMILES string of the molecule is CC(N)CCN1C(=O)C2C3C=CC(C3)C2C1=O. The summed E-state index contributed by atoms with van der Waals surface area (Å²) in [6.45, 7) is 2.39. The van der Waals surface area contributed by atoms with Crippen LogP contribution in [0.25, 0.3) is 0 Å². The Morgan fingerprint density at radius 3 is 2.29 bits per heavy atom. The molecule has 0 radical (unpaired) electrons. The predicted molar refractivity (Wildman–Crippen MR) is 62.7 cm³/mol. The number of likely N-dealkylation sites (tertiary alicyclic amines) is 1. The van der Waals surface area contributed by atoms with Gasteiger partial charge < -0.3 is 5.73 Å². The molecule has 0 aromatic rings. The summed E-state index contributed by atoms with van der Waals surface area (Å²) in [7, 11) is 0. The minimum Gasteiger partial charge on any atom is -0.328 e. The van der Waals surface area contributed by atoms with Gasteiger partial charge >= 0.3 is 0 Å². The van der Waals surface area contributed by atoms with Gasteiger partial charge in [0.2, 0.25) is 11.8 Å². The molecule has 5 atom stereocenters. The van der Waals surface area contributed by atoms with E-state index in [4.69, 9.17) is 5.73 Å². The molecule has 1 heterocycles. The molecular weight excluding hydrogens is 216 g/mol. The largest absolute Gasteiger partial charge is 0.328 e. The molecule has 1 aliphatic heterocycles. The van der Waals surface area contributed by atoms with Gasteiger partial charge in [-0.2, -0.15) is 0 Å². The van der Waals surface area contributed by atoms with Crippen LogP contribution in [0.15, 0.2) is 12.2 Å². The number of allylic oxidation sites excluding steroid dienone is 2. The molecule has 0 aromatic heterocycles. The van der Waals surface area contributed by atoms with Crippen molar-refractivity contribution in [3.05, 3.63) is 12.2 Å². The maximum atomic E-state index is 12.2. The number of carbonyl (C=O) groups is 2. The van der Waals surface area contributed by atoms with Crippen LogP contribution >= 0.6 is 0 Å². The number of carbonyl (C=O) groups excluding carboxylic acids is 2. The molecule has 5 unspecified atom stereocenters. The maximum absolute atomic E-state index is 12.2. The fourth-order valence-corrected chi connectivity index (χ4v) is 3.52. The molecule has 3 rings (SSSR count). The quantitative estimate of drug-likeness (QED) is 0.572. The first-order chi connectivity index (χ1) is 8.09. The Morgan fingerprint density at radius 1 is 1.29 bits per heavy atom. The first-order valence-electron chi connectivity index (χ1n) is 6.38. The van der Waals surface area contributed by atoms with Crippen molar-refractivity contribution in [3.63, 3.8) is 0 Å². The van der Waals surface area contributed by atoms with Crippen LogP contribution in [0.3, 0.4) is 0 Å². The number of amides is 2. The summed E-state index contributed by atoms with van der Waals surface area (Å²) in [5.41, 5.74) is 5.68. The van der Waals surface area contributed by atoms with Crippen molar-refractivity contribution >= 4 is 11.8 Å². The summed E-state index contributed by atoms with van der Waals surface area (Å²) >= 11 is 0. The molecule has 2 amide bonds. The van der Waals surface area contributed by atoms with Gasteiger partial charge in [0, 0.05) is 12.6 Å². The van der Waals surface area contributed by atoms with Gasteiger partial charge in [0.05, 0.1) is 11.8 Å². The molecule has 4 nitrogen and oxygen atoms in total. The first kappa shape index (κ1) is 11.0. The van der Waals surface area contributed by atoms with E-state index < -0.39 is 0 Å². The molecule has 92 valence electrons. The lowest BCUT2D eigenvalue weighted by Gasteiger charge is -2.18. The lowest BCUT2D eigenvalue weighted by atomic mass is 9.85. The van der Waals surface area contributed by atoms with E-state index in [0.717, 1.165) is 6.42 Å². The summed E-state index contributed by atoms with van der Waals surface area (Å²) in [6.07, 6.45) is 5.92. The van der Waals surface area contributed by atoms with Crippen molar-refractivity contribution in [1.82, 2.24) is 4.90 Å². The Morgan fingerprint density at radius 2 is 1.82 bits per heavy atom. The smallest absolute Gasteiger partial charge is 0.233 e. The molecule has 17 heavy (non-hydrogen) atoms. The number of hydrogen-bond acceptors (Lipinski definition) is 3. The van der Waals surface area contributed by atoms with E-state index in [1.807, 2.05) is 6.92 Å². The predicted octanol–water partition coefficient (Wildman–Crippen LogP) is 0.531. The normalized spacial score (nSPS) is 40.2. The number of nitrogens with two attached hydrogens (primary N) is 1. The van der Waals surface area contributed by atoms with Crippen LogP contribution in [-0.4, -0.2) is 29.3 Å². The Balaban J connectivity index is 1.78. The number of fused-ring (bicyclic) bond motifs is 5. The molecule has 3 aliphatic rings. The Bertz CT molecular complexity index is 372. The topological polar surface area (TPSA) is 63.4 Å². The van der Waals surface area contributed by atoms with Gasteiger partial charge in [0.15, 0.2) is 0 Å². The zero-order valence-corrected chi connectivity index (χ0v) is 10.0. The highest BCUT2D eigenvalue weighted by Crippen LogP contribution is 2.52. The summed E-state index contributed by atoms with van der Waals surface area (Å²) in [4.78, 5) is 25.9. The van der Waals surface area contributed by atoms with Gasteiger partial charge in [-0.1, -0.05) is 12.2 Å². The van der Waals surface area contributed by atoms with Crippen LogP contribution in [0.5, 0.6) is 0 Å². The van der Waals surface area contributed by atoms with E-state index >= 15 is 0 Å².